The van der Waals surface area contributed by atoms with E-state index in [0.717, 1.165) is 41.2 Å². The zero-order valence-corrected chi connectivity index (χ0v) is 28.2. The standard InChI is InChI=1S/C32H42N8O6S/c1-21-20-44-16-14-38(21)31-36-35-28-13-10-22(19-39(28)31)46-26-12-11-25(23-8-6-7-9-24(23)26)33-30(41)34-29-18-27(32(2,3)4)37-40(29)15-17-45-47(5,42)43/h6-10,13,18-19,21,25-26H,11-12,14-17,20H2,1-5H3,(H2,33,34,41)/t21-,25-,26+/m0/s1. The van der Waals surface area contributed by atoms with Crippen LogP contribution in [0, 0.1) is 0 Å². The van der Waals surface area contributed by atoms with E-state index in [9.17, 15) is 13.2 Å². The predicted octanol–water partition coefficient (Wildman–Crippen LogP) is 4.20. The van der Waals surface area contributed by atoms with Gasteiger partial charge in [0.25, 0.3) is 10.1 Å². The summed E-state index contributed by atoms with van der Waals surface area (Å²) in [6, 6.07) is 13.2. The highest BCUT2D eigenvalue weighted by Gasteiger charge is 2.30. The Kier molecular flexibility index (Phi) is 9.14. The van der Waals surface area contributed by atoms with Gasteiger partial charge in [0.15, 0.2) is 5.65 Å². The Balaban J connectivity index is 1.16. The summed E-state index contributed by atoms with van der Waals surface area (Å²) in [5, 5.41) is 19.4. The molecule has 0 unspecified atom stereocenters. The molecule has 0 saturated carbocycles. The number of aromatic nitrogens is 5. The van der Waals surface area contributed by atoms with Crippen molar-refractivity contribution < 1.29 is 26.9 Å². The number of hydrogen-bond acceptors (Lipinski definition) is 10. The Morgan fingerprint density at radius 1 is 1.11 bits per heavy atom. The van der Waals surface area contributed by atoms with Crippen LogP contribution in [0.2, 0.25) is 0 Å². The van der Waals surface area contributed by atoms with Crippen molar-refractivity contribution in [1.82, 2.24) is 29.7 Å². The van der Waals surface area contributed by atoms with Crippen LogP contribution in [0.25, 0.3) is 5.65 Å². The Hall–Kier alpha value is -4.21. The van der Waals surface area contributed by atoms with Gasteiger partial charge in [-0.15, -0.1) is 10.2 Å². The summed E-state index contributed by atoms with van der Waals surface area (Å²) >= 11 is 0. The van der Waals surface area contributed by atoms with Crippen molar-refractivity contribution in [3.8, 4) is 5.75 Å². The molecule has 4 heterocycles. The van der Waals surface area contributed by atoms with E-state index >= 15 is 0 Å². The maximum Gasteiger partial charge on any atom is 0.320 e. The molecule has 4 aromatic rings. The van der Waals surface area contributed by atoms with Gasteiger partial charge in [0.2, 0.25) is 5.95 Å². The smallest absolute Gasteiger partial charge is 0.320 e. The molecule has 15 heteroatoms. The Morgan fingerprint density at radius 2 is 1.89 bits per heavy atom. The lowest BCUT2D eigenvalue weighted by molar-refractivity contribution is 0.0980. The molecule has 47 heavy (non-hydrogen) atoms. The molecule has 3 atom stereocenters. The number of anilines is 2. The third kappa shape index (κ3) is 7.52. The van der Waals surface area contributed by atoms with Crippen molar-refractivity contribution in [3.63, 3.8) is 0 Å². The normalized spacial score (nSPS) is 20.2. The largest absolute Gasteiger partial charge is 0.484 e. The van der Waals surface area contributed by atoms with E-state index in [2.05, 4.69) is 37.8 Å². The first kappa shape index (κ1) is 32.7. The highest BCUT2D eigenvalue weighted by atomic mass is 32.2. The van der Waals surface area contributed by atoms with Crippen LogP contribution in [-0.2, 0) is 31.0 Å². The first-order chi connectivity index (χ1) is 22.4. The van der Waals surface area contributed by atoms with Crippen LogP contribution in [0.4, 0.5) is 16.6 Å². The van der Waals surface area contributed by atoms with E-state index in [-0.39, 0.29) is 36.8 Å². The number of nitrogens with one attached hydrogen (secondary N) is 2. The van der Waals surface area contributed by atoms with Crippen LogP contribution in [0.5, 0.6) is 5.75 Å². The molecular formula is C32H42N8O6S. The van der Waals surface area contributed by atoms with Gasteiger partial charge >= 0.3 is 6.03 Å². The number of nitrogens with zero attached hydrogens (tertiary/aromatic N) is 6. The third-order valence-electron chi connectivity index (χ3n) is 8.39. The quantitative estimate of drug-likeness (QED) is 0.249. The fourth-order valence-corrected chi connectivity index (χ4v) is 6.35. The van der Waals surface area contributed by atoms with Crippen LogP contribution in [0.15, 0.2) is 48.7 Å². The van der Waals surface area contributed by atoms with Crippen LogP contribution >= 0.6 is 0 Å². The topological polar surface area (TPSA) is 154 Å². The van der Waals surface area contributed by atoms with Gasteiger partial charge in [-0.05, 0) is 43.0 Å². The number of carbonyl (C=O) groups is 1. The number of fused-ring (bicyclic) bond motifs is 2. The molecule has 1 saturated heterocycles. The maximum absolute atomic E-state index is 13.3. The number of carbonyl (C=O) groups excluding carboxylic acids is 1. The molecule has 14 nitrogen and oxygen atoms in total. The average molecular weight is 667 g/mol. The second kappa shape index (κ2) is 13.1. The summed E-state index contributed by atoms with van der Waals surface area (Å²) in [6.45, 7) is 10.2. The third-order valence-corrected chi connectivity index (χ3v) is 8.99. The molecule has 0 radical (unpaired) electrons. The second-order valence-electron chi connectivity index (χ2n) is 13.1. The summed E-state index contributed by atoms with van der Waals surface area (Å²) in [5.41, 5.74) is 3.20. The molecule has 1 fully saturated rings. The molecule has 6 rings (SSSR count). The number of benzene rings is 1. The average Bonchev–Trinajstić information content (AvgIpc) is 3.62. The van der Waals surface area contributed by atoms with E-state index in [1.165, 1.54) is 0 Å². The fraction of sp³-hybridized carbons (Fsp3) is 0.500. The van der Waals surface area contributed by atoms with Crippen molar-refractivity contribution in [3.05, 3.63) is 65.5 Å². The monoisotopic (exact) mass is 666 g/mol. The first-order valence-electron chi connectivity index (χ1n) is 15.8. The summed E-state index contributed by atoms with van der Waals surface area (Å²) in [4.78, 5) is 15.5. The lowest BCUT2D eigenvalue weighted by Gasteiger charge is -2.33. The Labute approximate surface area is 274 Å². The van der Waals surface area contributed by atoms with Gasteiger partial charge in [-0.2, -0.15) is 13.5 Å². The van der Waals surface area contributed by atoms with Gasteiger partial charge in [-0.3, -0.25) is 13.9 Å². The van der Waals surface area contributed by atoms with Gasteiger partial charge in [-0.25, -0.2) is 9.48 Å². The molecule has 0 spiro atoms. The minimum atomic E-state index is -3.60. The van der Waals surface area contributed by atoms with Gasteiger partial charge < -0.3 is 19.7 Å². The first-order valence-corrected chi connectivity index (χ1v) is 17.6. The zero-order chi connectivity index (χ0) is 33.3. The van der Waals surface area contributed by atoms with Crippen molar-refractivity contribution in [2.75, 3.05) is 42.8 Å². The highest BCUT2D eigenvalue weighted by Crippen LogP contribution is 2.39. The number of ether oxygens (including phenoxy) is 2. The van der Waals surface area contributed by atoms with E-state index in [4.69, 9.17) is 13.7 Å². The number of rotatable bonds is 9. The molecule has 2 aliphatic rings. The number of hydrogen-bond donors (Lipinski definition) is 2. The highest BCUT2D eigenvalue weighted by molar-refractivity contribution is 7.85. The Morgan fingerprint density at radius 3 is 2.64 bits per heavy atom. The van der Waals surface area contributed by atoms with Crippen LogP contribution in [0.3, 0.4) is 0 Å². The van der Waals surface area contributed by atoms with Gasteiger partial charge in [0, 0.05) is 18.0 Å². The zero-order valence-electron chi connectivity index (χ0n) is 27.3. The lowest BCUT2D eigenvalue weighted by Crippen LogP contribution is -2.44. The van der Waals surface area contributed by atoms with E-state index < -0.39 is 16.1 Å². The lowest BCUT2D eigenvalue weighted by atomic mass is 9.85. The molecular weight excluding hydrogens is 624 g/mol. The van der Waals surface area contributed by atoms with Gasteiger partial charge in [-0.1, -0.05) is 45.0 Å². The molecule has 2 amide bonds. The number of urea groups is 1. The van der Waals surface area contributed by atoms with Crippen molar-refractivity contribution in [1.29, 1.82) is 0 Å². The fourth-order valence-electron chi connectivity index (χ4n) is 5.98. The van der Waals surface area contributed by atoms with E-state index in [1.807, 2.05) is 67.8 Å². The second-order valence-corrected chi connectivity index (χ2v) is 14.7. The van der Waals surface area contributed by atoms with Gasteiger partial charge in [0.05, 0.1) is 56.6 Å². The molecule has 2 N–H and O–H groups in total. The van der Waals surface area contributed by atoms with E-state index in [0.29, 0.717) is 37.6 Å². The summed E-state index contributed by atoms with van der Waals surface area (Å²) in [6.07, 6.45) is 4.07. The summed E-state index contributed by atoms with van der Waals surface area (Å²) in [5.74, 6) is 1.91. The number of amides is 2. The minimum Gasteiger partial charge on any atom is -0.484 e. The molecule has 252 valence electrons. The SMILES string of the molecule is C[C@H]1COCCN1c1nnc2ccc(O[C@@H]3CC[C@H](NC(=O)Nc4cc(C(C)(C)C)nn4CCOS(C)(=O)=O)c4ccccc43)cn12. The van der Waals surface area contributed by atoms with Crippen LogP contribution < -0.4 is 20.3 Å². The molecule has 3 aromatic heterocycles. The van der Waals surface area contributed by atoms with Crippen molar-refractivity contribution >= 4 is 33.6 Å². The number of pyridine rings is 1. The number of morpholine rings is 1. The van der Waals surface area contributed by atoms with Crippen LogP contribution in [0.1, 0.15) is 69.5 Å². The van der Waals surface area contributed by atoms with Crippen molar-refractivity contribution in [2.24, 2.45) is 0 Å². The van der Waals surface area contributed by atoms with Crippen molar-refractivity contribution in [2.45, 2.75) is 70.7 Å². The summed E-state index contributed by atoms with van der Waals surface area (Å²) in [7, 11) is -3.60. The molecule has 1 aromatic carbocycles. The predicted molar refractivity (Wildman–Crippen MR) is 176 cm³/mol. The Bertz CT molecular complexity index is 1850. The van der Waals surface area contributed by atoms with Gasteiger partial charge in [0.1, 0.15) is 17.7 Å². The molecule has 0 bridgehead atoms. The maximum atomic E-state index is 13.3. The summed E-state index contributed by atoms with van der Waals surface area (Å²) < 4.78 is 43.5. The van der Waals surface area contributed by atoms with Crippen LogP contribution in [-0.4, -0.2) is 77.5 Å². The van der Waals surface area contributed by atoms with E-state index in [1.54, 1.807) is 10.7 Å². The molecule has 1 aliphatic carbocycles. The molecule has 1 aliphatic heterocycles. The minimum absolute atomic E-state index is 0.101.